The molecule has 4 nitrogen and oxygen atoms in total. The number of rotatable bonds is 3. The molecule has 0 aromatic heterocycles. The van der Waals surface area contributed by atoms with E-state index in [1.807, 2.05) is 0 Å². The summed E-state index contributed by atoms with van der Waals surface area (Å²) in [6.07, 6.45) is 3.74. The third-order valence-electron chi connectivity index (χ3n) is 2.06. The van der Waals surface area contributed by atoms with Gasteiger partial charge in [-0.05, 0) is 13.0 Å². The van der Waals surface area contributed by atoms with Gasteiger partial charge in [0.1, 0.15) is 0 Å². The summed E-state index contributed by atoms with van der Waals surface area (Å²) in [6, 6.07) is 0. The highest BCUT2D eigenvalue weighted by atomic mass is 16.5. The van der Waals surface area contributed by atoms with Gasteiger partial charge in [-0.25, -0.2) is 0 Å². The largest absolute Gasteiger partial charge is 0.512 e. The van der Waals surface area contributed by atoms with Crippen molar-refractivity contribution in [3.05, 3.63) is 24.0 Å². The molecule has 0 heterocycles. The van der Waals surface area contributed by atoms with Gasteiger partial charge in [0.05, 0.1) is 30.8 Å². The molecule has 0 saturated carbocycles. The van der Waals surface area contributed by atoms with Crippen LogP contribution in [0.3, 0.4) is 0 Å². The predicted molar refractivity (Wildman–Crippen MR) is 50.6 cm³/mol. The van der Waals surface area contributed by atoms with Crippen LogP contribution in [0, 0.1) is 5.92 Å². The molecular weight excluding hydrogens is 184 g/mol. The zero-order valence-corrected chi connectivity index (χ0v) is 8.01. The highest BCUT2D eigenvalue weighted by molar-refractivity contribution is 5.70. The van der Waals surface area contributed by atoms with Gasteiger partial charge >= 0.3 is 5.97 Å². The second-order valence-electron chi connectivity index (χ2n) is 3.08. The molecule has 0 aromatic carbocycles. The fraction of sp³-hybridized carbons (Fsp3) is 0.500. The topological polar surface area (TPSA) is 66.8 Å². The number of aliphatic hydroxyl groups is 2. The van der Waals surface area contributed by atoms with Crippen LogP contribution in [0.15, 0.2) is 24.0 Å². The van der Waals surface area contributed by atoms with Crippen molar-refractivity contribution < 1.29 is 19.7 Å². The molecule has 1 aliphatic rings. The number of hydrogen-bond donors (Lipinski definition) is 2. The van der Waals surface area contributed by atoms with Crippen molar-refractivity contribution in [1.29, 1.82) is 0 Å². The molecule has 4 heteroatoms. The van der Waals surface area contributed by atoms with Crippen molar-refractivity contribution in [2.24, 2.45) is 5.92 Å². The number of hydrogen-bond acceptors (Lipinski definition) is 4. The lowest BCUT2D eigenvalue weighted by molar-refractivity contribution is -0.144. The first kappa shape index (κ1) is 10.8. The predicted octanol–water partition coefficient (Wildman–Crippen LogP) is 0.928. The van der Waals surface area contributed by atoms with Crippen LogP contribution in [0.2, 0.25) is 0 Å². The van der Waals surface area contributed by atoms with Gasteiger partial charge in [-0.15, -0.1) is 0 Å². The Morgan fingerprint density at radius 3 is 2.93 bits per heavy atom. The van der Waals surface area contributed by atoms with E-state index in [2.05, 4.69) is 0 Å². The molecule has 2 N–H and O–H groups in total. The zero-order valence-electron chi connectivity index (χ0n) is 8.01. The van der Waals surface area contributed by atoms with E-state index in [-0.39, 0.29) is 12.2 Å². The second kappa shape index (κ2) is 4.81. The summed E-state index contributed by atoms with van der Waals surface area (Å²) in [6.45, 7) is 2.02. The van der Waals surface area contributed by atoms with Crippen molar-refractivity contribution in [3.63, 3.8) is 0 Å². The lowest BCUT2D eigenvalue weighted by Gasteiger charge is -2.21. The van der Waals surface area contributed by atoms with Crippen molar-refractivity contribution in [3.8, 4) is 0 Å². The van der Waals surface area contributed by atoms with Crippen LogP contribution in [0.4, 0.5) is 0 Å². The van der Waals surface area contributed by atoms with E-state index in [4.69, 9.17) is 4.74 Å². The quantitative estimate of drug-likeness (QED) is 0.662. The van der Waals surface area contributed by atoms with Gasteiger partial charge in [0.25, 0.3) is 0 Å². The van der Waals surface area contributed by atoms with Crippen LogP contribution in [0.1, 0.15) is 13.3 Å². The van der Waals surface area contributed by atoms with Crippen LogP contribution in [-0.2, 0) is 9.53 Å². The molecule has 1 rings (SSSR count). The Hall–Kier alpha value is -1.29. The molecule has 78 valence electrons. The third-order valence-corrected chi connectivity index (χ3v) is 2.06. The van der Waals surface area contributed by atoms with E-state index in [1.54, 1.807) is 13.0 Å². The fourth-order valence-electron chi connectivity index (χ4n) is 1.33. The summed E-state index contributed by atoms with van der Waals surface area (Å²) < 4.78 is 4.73. The van der Waals surface area contributed by atoms with Crippen LogP contribution in [0.25, 0.3) is 0 Å². The minimum absolute atomic E-state index is 0.00167. The van der Waals surface area contributed by atoms with Gasteiger partial charge in [0.2, 0.25) is 0 Å². The van der Waals surface area contributed by atoms with Crippen molar-refractivity contribution in [2.75, 3.05) is 6.61 Å². The van der Waals surface area contributed by atoms with E-state index in [0.717, 1.165) is 0 Å². The van der Waals surface area contributed by atoms with E-state index in [0.29, 0.717) is 6.61 Å². The van der Waals surface area contributed by atoms with E-state index in [1.165, 1.54) is 12.2 Å². The van der Waals surface area contributed by atoms with Gasteiger partial charge in [-0.1, -0.05) is 12.2 Å². The molecule has 0 radical (unpaired) electrons. The minimum Gasteiger partial charge on any atom is -0.512 e. The van der Waals surface area contributed by atoms with E-state index >= 15 is 0 Å². The molecule has 0 amide bonds. The number of allylic oxidation sites excluding steroid dienone is 2. The standard InChI is InChI=1S/C10H14O4/c1-2-14-10(13)6-7-8(11)4-3-5-9(7)12/h3-5,7-8,11-12H,2,6H2,1H3. The lowest BCUT2D eigenvalue weighted by atomic mass is 9.92. The molecular formula is C10H14O4. The maximum atomic E-state index is 11.1. The average molecular weight is 198 g/mol. The van der Waals surface area contributed by atoms with Gasteiger partial charge in [0, 0.05) is 0 Å². The Balaban J connectivity index is 2.55. The third kappa shape index (κ3) is 2.60. The zero-order chi connectivity index (χ0) is 10.6. The fourth-order valence-corrected chi connectivity index (χ4v) is 1.33. The number of esters is 1. The number of ether oxygens (including phenoxy) is 1. The normalized spacial score (nSPS) is 25.7. The van der Waals surface area contributed by atoms with E-state index in [9.17, 15) is 15.0 Å². The Kier molecular flexibility index (Phi) is 3.71. The first-order valence-corrected chi connectivity index (χ1v) is 4.56. The molecule has 0 spiro atoms. The Labute approximate surface area is 82.5 Å². The van der Waals surface area contributed by atoms with Crippen molar-refractivity contribution in [2.45, 2.75) is 19.4 Å². The summed E-state index contributed by atoms with van der Waals surface area (Å²) in [7, 11) is 0. The smallest absolute Gasteiger partial charge is 0.306 e. The Bertz CT molecular complexity index is 267. The first-order valence-electron chi connectivity index (χ1n) is 4.56. The molecule has 2 atom stereocenters. The average Bonchev–Trinajstić information content (AvgIpc) is 2.12. The molecule has 0 aromatic rings. The van der Waals surface area contributed by atoms with Gasteiger partial charge in [0.15, 0.2) is 0 Å². The van der Waals surface area contributed by atoms with Crippen LogP contribution >= 0.6 is 0 Å². The number of carbonyl (C=O) groups excluding carboxylic acids is 1. The minimum atomic E-state index is -0.815. The van der Waals surface area contributed by atoms with Crippen LogP contribution in [-0.4, -0.2) is 28.9 Å². The highest BCUT2D eigenvalue weighted by Crippen LogP contribution is 2.22. The SMILES string of the molecule is CCOC(=O)CC1C(O)=CC=CC1O. The molecule has 0 fully saturated rings. The summed E-state index contributed by atoms with van der Waals surface area (Å²) in [5, 5.41) is 18.9. The molecule has 14 heavy (non-hydrogen) atoms. The van der Waals surface area contributed by atoms with E-state index < -0.39 is 18.0 Å². The van der Waals surface area contributed by atoms with Crippen molar-refractivity contribution >= 4 is 5.97 Å². The summed E-state index contributed by atoms with van der Waals surface area (Å²) in [4.78, 5) is 11.1. The molecule has 0 aliphatic heterocycles. The van der Waals surface area contributed by atoms with Crippen LogP contribution < -0.4 is 0 Å². The Morgan fingerprint density at radius 2 is 2.36 bits per heavy atom. The lowest BCUT2D eigenvalue weighted by Crippen LogP contribution is -2.26. The van der Waals surface area contributed by atoms with Gasteiger partial charge < -0.3 is 14.9 Å². The number of carbonyl (C=O) groups is 1. The maximum Gasteiger partial charge on any atom is 0.306 e. The van der Waals surface area contributed by atoms with Gasteiger partial charge in [-0.2, -0.15) is 0 Å². The monoisotopic (exact) mass is 198 g/mol. The molecule has 0 saturated heterocycles. The first-order chi connectivity index (χ1) is 6.65. The summed E-state index contributed by atoms with van der Waals surface area (Å²) >= 11 is 0. The molecule has 1 aliphatic carbocycles. The second-order valence-corrected chi connectivity index (χ2v) is 3.08. The summed E-state index contributed by atoms with van der Waals surface area (Å²) in [5.41, 5.74) is 0. The van der Waals surface area contributed by atoms with Crippen molar-refractivity contribution in [1.82, 2.24) is 0 Å². The van der Waals surface area contributed by atoms with Crippen LogP contribution in [0.5, 0.6) is 0 Å². The molecule has 0 bridgehead atoms. The molecule has 2 unspecified atom stereocenters. The highest BCUT2D eigenvalue weighted by Gasteiger charge is 2.26. The maximum absolute atomic E-state index is 11.1. The Morgan fingerprint density at radius 1 is 1.64 bits per heavy atom. The summed E-state index contributed by atoms with van der Waals surface area (Å²) in [5.74, 6) is -0.959. The van der Waals surface area contributed by atoms with Gasteiger partial charge in [-0.3, -0.25) is 4.79 Å². The number of aliphatic hydroxyl groups excluding tert-OH is 2.